The van der Waals surface area contributed by atoms with Crippen molar-refractivity contribution in [3.05, 3.63) is 65.8 Å². The van der Waals surface area contributed by atoms with Crippen LogP contribution in [0.15, 0.2) is 55.0 Å². The number of aromatic nitrogens is 3. The van der Waals surface area contributed by atoms with Crippen LogP contribution in [0.4, 0.5) is 14.6 Å². The maximum atomic E-state index is 16.8. The van der Waals surface area contributed by atoms with Gasteiger partial charge >= 0.3 is 6.01 Å². The Morgan fingerprint density at radius 2 is 2.00 bits per heavy atom. The van der Waals surface area contributed by atoms with E-state index in [9.17, 15) is 14.4 Å². The molecule has 9 nitrogen and oxygen atoms in total. The lowest BCUT2D eigenvalue weighted by Crippen LogP contribution is -2.55. The van der Waals surface area contributed by atoms with Gasteiger partial charge in [-0.15, -0.1) is 0 Å². The summed E-state index contributed by atoms with van der Waals surface area (Å²) < 4.78 is 37.0. The summed E-state index contributed by atoms with van der Waals surface area (Å²) in [6, 6.07) is 12.9. The lowest BCUT2D eigenvalue weighted by atomic mass is 9.83. The van der Waals surface area contributed by atoms with Gasteiger partial charge in [-0.2, -0.15) is 15.2 Å². The molecule has 12 heteroatoms. The quantitative estimate of drug-likeness (QED) is 0.214. The lowest BCUT2D eigenvalue weighted by Gasteiger charge is -2.41. The molecule has 4 aromatic rings. The Hall–Kier alpha value is -4.40. The number of nitriles is 1. The van der Waals surface area contributed by atoms with Crippen molar-refractivity contribution in [2.45, 2.75) is 44.2 Å². The number of rotatable bonds is 7. The number of fused-ring (bicyclic) bond motifs is 3. The van der Waals surface area contributed by atoms with Crippen LogP contribution < -0.4 is 9.64 Å². The lowest BCUT2D eigenvalue weighted by molar-refractivity contribution is -0.131. The molecule has 1 saturated carbocycles. The summed E-state index contributed by atoms with van der Waals surface area (Å²) in [5.74, 6) is -2.20. The number of carbonyl (C=O) groups is 1. The first-order chi connectivity index (χ1) is 22.7. The number of piperazine rings is 1. The van der Waals surface area contributed by atoms with Crippen LogP contribution in [0.1, 0.15) is 32.1 Å². The van der Waals surface area contributed by atoms with Crippen molar-refractivity contribution in [2.75, 3.05) is 44.7 Å². The zero-order chi connectivity index (χ0) is 32.9. The molecule has 7 rings (SSSR count). The third-order valence-electron chi connectivity index (χ3n) is 10.2. The third-order valence-corrected chi connectivity index (χ3v) is 10.5. The van der Waals surface area contributed by atoms with Gasteiger partial charge in [0.15, 0.2) is 11.6 Å². The molecule has 0 radical (unpaired) electrons. The molecule has 4 heterocycles. The maximum Gasteiger partial charge on any atom is 0.319 e. The molecule has 242 valence electrons. The minimum absolute atomic E-state index is 0.0203. The van der Waals surface area contributed by atoms with E-state index in [-0.39, 0.29) is 48.7 Å². The first-order valence-corrected chi connectivity index (χ1v) is 16.2. The second kappa shape index (κ2) is 12.3. The summed E-state index contributed by atoms with van der Waals surface area (Å²) in [7, 11) is 2.14. The van der Waals surface area contributed by atoms with E-state index in [0.717, 1.165) is 37.6 Å². The Labute approximate surface area is 276 Å². The van der Waals surface area contributed by atoms with Crippen LogP contribution in [0, 0.1) is 22.6 Å². The molecule has 3 fully saturated rings. The number of amides is 1. The number of hydrogen-bond acceptors (Lipinski definition) is 8. The highest BCUT2D eigenvalue weighted by Crippen LogP contribution is 2.48. The van der Waals surface area contributed by atoms with Gasteiger partial charge in [-0.1, -0.05) is 54.9 Å². The van der Waals surface area contributed by atoms with Gasteiger partial charge in [0.1, 0.15) is 17.0 Å². The second-order valence-corrected chi connectivity index (χ2v) is 13.2. The zero-order valence-corrected chi connectivity index (χ0v) is 26.8. The normalized spacial score (nSPS) is 22.9. The number of likely N-dealkylation sites (tertiary alicyclic amines) is 1. The Kier molecular flexibility index (Phi) is 8.18. The highest BCUT2D eigenvalue weighted by atomic mass is 35.5. The molecule has 2 saturated heterocycles. The molecular weight excluding hydrogens is 624 g/mol. The number of benzene rings is 2. The fraction of sp³-hybridized carbons (Fsp3) is 0.400. The van der Waals surface area contributed by atoms with Gasteiger partial charge in [-0.3, -0.25) is 9.78 Å². The number of hydrogen-bond donors (Lipinski definition) is 0. The Morgan fingerprint density at radius 1 is 1.19 bits per heavy atom. The number of nitrogens with zero attached hydrogens (tertiary/aromatic N) is 7. The number of ether oxygens (including phenoxy) is 1. The van der Waals surface area contributed by atoms with Gasteiger partial charge in [0, 0.05) is 53.3 Å². The molecule has 0 bridgehead atoms. The van der Waals surface area contributed by atoms with E-state index in [1.54, 1.807) is 18.3 Å². The molecular formula is C35H34ClF2N7O2. The highest BCUT2D eigenvalue weighted by molar-refractivity contribution is 6.36. The molecule has 3 atom stereocenters. The zero-order valence-electron chi connectivity index (χ0n) is 26.1. The Morgan fingerprint density at radius 3 is 2.79 bits per heavy atom. The largest absolute Gasteiger partial charge is 0.463 e. The second-order valence-electron chi connectivity index (χ2n) is 12.8. The van der Waals surface area contributed by atoms with Crippen LogP contribution in [0.3, 0.4) is 0 Å². The topological polar surface area (TPSA) is 98.5 Å². The molecule has 2 aliphatic heterocycles. The Bertz CT molecular complexity index is 1950. The molecule has 0 N–H and O–H groups in total. The fourth-order valence-electron chi connectivity index (χ4n) is 7.86. The van der Waals surface area contributed by atoms with Crippen molar-refractivity contribution in [2.24, 2.45) is 5.41 Å². The molecule has 2 unspecified atom stereocenters. The predicted molar refractivity (Wildman–Crippen MR) is 176 cm³/mol. The van der Waals surface area contributed by atoms with E-state index in [1.807, 2.05) is 29.2 Å². The first-order valence-electron chi connectivity index (χ1n) is 15.8. The summed E-state index contributed by atoms with van der Waals surface area (Å²) in [6.45, 7) is 5.08. The number of carbonyl (C=O) groups excluding carboxylic acids is 1. The van der Waals surface area contributed by atoms with Crippen LogP contribution in [0.2, 0.25) is 5.02 Å². The highest BCUT2D eigenvalue weighted by Gasteiger charge is 2.49. The molecule has 2 aromatic heterocycles. The van der Waals surface area contributed by atoms with Gasteiger partial charge in [-0.25, -0.2) is 8.78 Å². The molecule has 47 heavy (non-hydrogen) atoms. The standard InChI is InChI=1S/C35H34ClF2N7O2/c1-21(37)33(46)45-17-16-44(19-23(45)11-14-39)32-25-18-40-30(24-8-3-6-22-7-4-9-26(36)28(22)24)29(38)31(25)41-34(42-32)47-20-35-12-5-10-27(35)43(2)15-13-35/h3-4,6-9,18,23,27H,1,5,10-13,15-17,19-20H2,2H3/t23-,27?,35?/m0/s1. The smallest absolute Gasteiger partial charge is 0.319 e. The fourth-order valence-corrected chi connectivity index (χ4v) is 8.15. The van der Waals surface area contributed by atoms with Crippen molar-refractivity contribution >= 4 is 45.0 Å². The molecule has 3 aliphatic rings. The minimum Gasteiger partial charge on any atom is -0.463 e. The van der Waals surface area contributed by atoms with Gasteiger partial charge in [0.05, 0.1) is 30.5 Å². The number of anilines is 1. The molecule has 0 spiro atoms. The van der Waals surface area contributed by atoms with E-state index >= 15 is 4.39 Å². The monoisotopic (exact) mass is 657 g/mol. The van der Waals surface area contributed by atoms with Gasteiger partial charge < -0.3 is 19.4 Å². The predicted octanol–water partition coefficient (Wildman–Crippen LogP) is 6.30. The van der Waals surface area contributed by atoms with E-state index in [0.29, 0.717) is 39.8 Å². The minimum atomic E-state index is -1.08. The average Bonchev–Trinajstić information content (AvgIpc) is 3.63. The number of halogens is 3. The SMILES string of the molecule is C=C(F)C(=O)N1CCN(c2nc(OCC34CCCC3N(C)CC4)nc3c(F)c(-c4cccc5cccc(Cl)c45)ncc23)C[C@@H]1CC#N. The summed E-state index contributed by atoms with van der Waals surface area (Å²) in [5.41, 5.74) is 0.644. The molecule has 1 amide bonds. The van der Waals surface area contributed by atoms with Crippen molar-refractivity contribution in [1.29, 1.82) is 5.26 Å². The molecule has 2 aromatic carbocycles. The molecule has 1 aliphatic carbocycles. The summed E-state index contributed by atoms with van der Waals surface area (Å²) in [5, 5.41) is 11.9. The first kappa shape index (κ1) is 31.2. The van der Waals surface area contributed by atoms with Crippen LogP contribution in [0.25, 0.3) is 32.9 Å². The average molecular weight is 658 g/mol. The van der Waals surface area contributed by atoms with Gasteiger partial charge in [0.25, 0.3) is 5.91 Å². The van der Waals surface area contributed by atoms with Crippen LogP contribution >= 0.6 is 11.6 Å². The van der Waals surface area contributed by atoms with Crippen molar-refractivity contribution in [1.82, 2.24) is 24.8 Å². The maximum absolute atomic E-state index is 16.8. The third kappa shape index (κ3) is 5.43. The summed E-state index contributed by atoms with van der Waals surface area (Å²) >= 11 is 6.60. The van der Waals surface area contributed by atoms with E-state index in [1.165, 1.54) is 4.90 Å². The van der Waals surface area contributed by atoms with Crippen LogP contribution in [-0.2, 0) is 4.79 Å². The van der Waals surface area contributed by atoms with E-state index in [4.69, 9.17) is 21.3 Å². The Balaban J connectivity index is 1.33. The van der Waals surface area contributed by atoms with Gasteiger partial charge in [0.2, 0.25) is 0 Å². The van der Waals surface area contributed by atoms with E-state index < -0.39 is 23.6 Å². The van der Waals surface area contributed by atoms with E-state index in [2.05, 4.69) is 34.6 Å². The summed E-state index contributed by atoms with van der Waals surface area (Å²) in [4.78, 5) is 32.1. The van der Waals surface area contributed by atoms with Crippen molar-refractivity contribution in [3.8, 4) is 23.3 Å². The number of pyridine rings is 1. The van der Waals surface area contributed by atoms with Crippen LogP contribution in [-0.4, -0.2) is 82.6 Å². The van der Waals surface area contributed by atoms with Crippen molar-refractivity contribution in [3.63, 3.8) is 0 Å². The van der Waals surface area contributed by atoms with Gasteiger partial charge in [-0.05, 0) is 44.3 Å². The van der Waals surface area contributed by atoms with Crippen LogP contribution in [0.5, 0.6) is 6.01 Å². The van der Waals surface area contributed by atoms with Crippen molar-refractivity contribution < 1.29 is 18.3 Å². The summed E-state index contributed by atoms with van der Waals surface area (Å²) in [6.07, 6.45) is 5.78.